The number of hydrogen-bond donors (Lipinski definition) is 1. The maximum Gasteiger partial charge on any atom is 0.341 e. The number of hydrogen-bond acceptors (Lipinski definition) is 1. The van der Waals surface area contributed by atoms with E-state index >= 15 is 0 Å². The van der Waals surface area contributed by atoms with Crippen molar-refractivity contribution in [3.63, 3.8) is 0 Å². The van der Waals surface area contributed by atoms with E-state index in [0.29, 0.717) is 0 Å². The van der Waals surface area contributed by atoms with Crippen LogP contribution in [0.5, 0.6) is 0 Å². The van der Waals surface area contributed by atoms with Gasteiger partial charge in [-0.05, 0) is 23.3 Å². The summed E-state index contributed by atoms with van der Waals surface area (Å²) in [6.45, 7) is 0. The molecule has 19 heavy (non-hydrogen) atoms. The molecule has 0 unspecified atom stereocenters. The van der Waals surface area contributed by atoms with E-state index in [1.165, 1.54) is 0 Å². The highest BCUT2D eigenvalue weighted by molar-refractivity contribution is 6.24. The van der Waals surface area contributed by atoms with Crippen molar-refractivity contribution >= 4 is 41.3 Å². The third-order valence-electron chi connectivity index (χ3n) is 3.08. The number of carbonyl (C=O) groups is 1. The highest BCUT2D eigenvalue weighted by Gasteiger charge is 2.22. The molecular formula is C15H11ClN2O. The van der Waals surface area contributed by atoms with Gasteiger partial charge >= 0.3 is 6.03 Å². The fraction of sp³-hybridized carbons (Fsp3) is 0. The van der Waals surface area contributed by atoms with Gasteiger partial charge in [-0.1, -0.05) is 48.6 Å². The molecule has 3 nitrogen and oxygen atoms in total. The molecule has 0 fully saturated rings. The van der Waals surface area contributed by atoms with Crippen LogP contribution in [0.15, 0.2) is 48.5 Å². The lowest BCUT2D eigenvalue weighted by molar-refractivity contribution is 0.253. The zero-order valence-electron chi connectivity index (χ0n) is 10.0. The summed E-state index contributed by atoms with van der Waals surface area (Å²) in [5.74, 6) is 0. The Morgan fingerprint density at radius 2 is 1.37 bits per heavy atom. The van der Waals surface area contributed by atoms with Crippen molar-refractivity contribution in [2.24, 2.45) is 0 Å². The Hall–Kier alpha value is -2.26. The van der Waals surface area contributed by atoms with E-state index in [0.717, 1.165) is 22.5 Å². The molecule has 2 aromatic carbocycles. The molecule has 0 aliphatic carbocycles. The molecular weight excluding hydrogens is 260 g/mol. The van der Waals surface area contributed by atoms with E-state index < -0.39 is 0 Å². The van der Waals surface area contributed by atoms with E-state index in [1.807, 2.05) is 60.7 Å². The van der Waals surface area contributed by atoms with Crippen LogP contribution in [-0.4, -0.2) is 6.03 Å². The minimum Gasteiger partial charge on any atom is -0.261 e. The number of urea groups is 1. The summed E-state index contributed by atoms with van der Waals surface area (Å²) in [6.07, 6.45) is 3.99. The predicted octanol–water partition coefficient (Wildman–Crippen LogP) is 4.17. The van der Waals surface area contributed by atoms with E-state index in [2.05, 4.69) is 4.84 Å². The molecule has 0 aromatic heterocycles. The van der Waals surface area contributed by atoms with Crippen LogP contribution in [0, 0.1) is 0 Å². The fourth-order valence-electron chi connectivity index (χ4n) is 2.23. The first-order valence-corrected chi connectivity index (χ1v) is 6.26. The molecule has 94 valence electrons. The molecule has 0 atom stereocenters. The third kappa shape index (κ3) is 1.98. The van der Waals surface area contributed by atoms with E-state index in [-0.39, 0.29) is 6.03 Å². The Morgan fingerprint density at radius 3 is 1.84 bits per heavy atom. The predicted molar refractivity (Wildman–Crippen MR) is 78.3 cm³/mol. The Kier molecular flexibility index (Phi) is 2.97. The van der Waals surface area contributed by atoms with Gasteiger partial charge in [0.1, 0.15) is 0 Å². The number of nitrogens with one attached hydrogen (secondary N) is 1. The molecule has 4 heteroatoms. The van der Waals surface area contributed by atoms with Gasteiger partial charge in [0, 0.05) is 11.8 Å². The van der Waals surface area contributed by atoms with Crippen molar-refractivity contribution in [3.8, 4) is 0 Å². The van der Waals surface area contributed by atoms with Crippen LogP contribution in [0.1, 0.15) is 11.1 Å². The van der Waals surface area contributed by atoms with Gasteiger partial charge in [-0.3, -0.25) is 4.90 Å². The molecule has 0 spiro atoms. The number of nitrogens with zero attached hydrogens (tertiary/aromatic N) is 1. The maximum atomic E-state index is 12.1. The normalized spacial score (nSPS) is 12.4. The minimum atomic E-state index is -0.370. The smallest absolute Gasteiger partial charge is 0.261 e. The van der Waals surface area contributed by atoms with Crippen LogP contribution in [0.3, 0.4) is 0 Å². The largest absolute Gasteiger partial charge is 0.341 e. The van der Waals surface area contributed by atoms with Gasteiger partial charge in [0.05, 0.1) is 11.4 Å². The molecule has 2 aromatic rings. The van der Waals surface area contributed by atoms with Crippen LogP contribution in [0.2, 0.25) is 0 Å². The van der Waals surface area contributed by atoms with Gasteiger partial charge in [0.15, 0.2) is 0 Å². The van der Waals surface area contributed by atoms with E-state index in [9.17, 15) is 4.79 Å². The maximum absolute atomic E-state index is 12.1. The highest BCUT2D eigenvalue weighted by Crippen LogP contribution is 2.36. The number of amides is 2. The van der Waals surface area contributed by atoms with Crippen LogP contribution in [0.4, 0.5) is 16.2 Å². The quantitative estimate of drug-likeness (QED) is 0.716. The lowest BCUT2D eigenvalue weighted by Crippen LogP contribution is -2.32. The number of halogens is 1. The monoisotopic (exact) mass is 270 g/mol. The van der Waals surface area contributed by atoms with Gasteiger partial charge in [-0.15, -0.1) is 0 Å². The number of benzene rings is 2. The van der Waals surface area contributed by atoms with Gasteiger partial charge in [0.25, 0.3) is 0 Å². The van der Waals surface area contributed by atoms with Crippen LogP contribution >= 0.6 is 11.8 Å². The zero-order chi connectivity index (χ0) is 13.2. The minimum absolute atomic E-state index is 0.370. The molecule has 1 N–H and O–H groups in total. The number of para-hydroxylation sites is 2. The van der Waals surface area contributed by atoms with Gasteiger partial charge < -0.3 is 0 Å². The lowest BCUT2D eigenvalue weighted by atomic mass is 10.1. The summed E-state index contributed by atoms with van der Waals surface area (Å²) in [7, 11) is 0. The number of anilines is 2. The summed E-state index contributed by atoms with van der Waals surface area (Å²) < 4.78 is 0. The van der Waals surface area contributed by atoms with Gasteiger partial charge in [0.2, 0.25) is 0 Å². The van der Waals surface area contributed by atoms with Gasteiger partial charge in [-0.2, -0.15) is 0 Å². The Morgan fingerprint density at radius 1 is 0.895 bits per heavy atom. The summed E-state index contributed by atoms with van der Waals surface area (Å²) in [6, 6.07) is 15.0. The third-order valence-corrected chi connectivity index (χ3v) is 3.24. The topological polar surface area (TPSA) is 32.3 Å². The molecule has 1 aliphatic rings. The van der Waals surface area contributed by atoms with Crippen molar-refractivity contribution in [1.29, 1.82) is 0 Å². The number of fused-ring (bicyclic) bond motifs is 2. The SMILES string of the molecule is O=C(NCl)N1c2ccccc2C=Cc2ccccc21. The first kappa shape index (κ1) is 11.8. The average molecular weight is 271 g/mol. The molecule has 0 bridgehead atoms. The highest BCUT2D eigenvalue weighted by atomic mass is 35.5. The fourth-order valence-corrected chi connectivity index (χ4v) is 2.32. The van der Waals surface area contributed by atoms with Crippen molar-refractivity contribution < 1.29 is 4.79 Å². The van der Waals surface area contributed by atoms with E-state index in [1.54, 1.807) is 4.90 Å². The summed E-state index contributed by atoms with van der Waals surface area (Å²) in [4.78, 5) is 15.9. The molecule has 1 heterocycles. The molecule has 3 rings (SSSR count). The van der Waals surface area contributed by atoms with Crippen molar-refractivity contribution in [3.05, 3.63) is 59.7 Å². The Labute approximate surface area is 116 Å². The zero-order valence-corrected chi connectivity index (χ0v) is 10.8. The number of carbonyl (C=O) groups excluding carboxylic acids is 1. The summed E-state index contributed by atoms with van der Waals surface area (Å²) >= 11 is 5.51. The molecule has 1 aliphatic heterocycles. The first-order chi connectivity index (χ1) is 9.31. The standard InChI is InChI=1S/C15H11ClN2O/c16-17-15(19)18-13-7-3-1-5-11(13)9-10-12-6-2-4-8-14(12)18/h1-10H,(H,17,19). The number of rotatable bonds is 0. The van der Waals surface area contributed by atoms with Gasteiger partial charge in [-0.25, -0.2) is 9.63 Å². The summed E-state index contributed by atoms with van der Waals surface area (Å²) in [5, 5.41) is 0. The first-order valence-electron chi connectivity index (χ1n) is 5.88. The summed E-state index contributed by atoms with van der Waals surface area (Å²) in [5.41, 5.74) is 3.56. The second-order valence-corrected chi connectivity index (χ2v) is 4.38. The van der Waals surface area contributed by atoms with E-state index in [4.69, 9.17) is 11.8 Å². The average Bonchev–Trinajstić information content (AvgIpc) is 2.63. The second-order valence-electron chi connectivity index (χ2n) is 4.19. The van der Waals surface area contributed by atoms with Crippen LogP contribution < -0.4 is 9.74 Å². The van der Waals surface area contributed by atoms with Crippen molar-refractivity contribution in [2.75, 3.05) is 4.90 Å². The molecule has 2 amide bonds. The molecule has 0 saturated carbocycles. The van der Waals surface area contributed by atoms with Crippen LogP contribution in [0.25, 0.3) is 12.2 Å². The van der Waals surface area contributed by atoms with Crippen molar-refractivity contribution in [2.45, 2.75) is 0 Å². The second kappa shape index (κ2) is 4.78. The molecule has 0 radical (unpaired) electrons. The lowest BCUT2D eigenvalue weighted by Gasteiger charge is -2.23. The van der Waals surface area contributed by atoms with Crippen LogP contribution in [-0.2, 0) is 0 Å². The Balaban J connectivity index is 2.27. The van der Waals surface area contributed by atoms with Crippen molar-refractivity contribution in [1.82, 2.24) is 4.84 Å². The molecule has 0 saturated heterocycles. The Bertz CT molecular complexity index is 617.